The van der Waals surface area contributed by atoms with Gasteiger partial charge in [0.15, 0.2) is 0 Å². The molecule has 2 heterocycles. The van der Waals surface area contributed by atoms with Crippen molar-refractivity contribution in [2.75, 3.05) is 13.1 Å². The molecule has 1 aliphatic heterocycles. The normalized spacial score (nSPS) is 17.5. The van der Waals surface area contributed by atoms with Gasteiger partial charge in [0.2, 0.25) is 0 Å². The predicted octanol–water partition coefficient (Wildman–Crippen LogP) is 2.63. The molecule has 8 heteroatoms. The number of hydrogen-bond donors (Lipinski definition) is 1. The molecule has 0 aromatic carbocycles. The number of aromatic nitrogens is 1. The number of aliphatic hydroxyl groups excluding tert-OH is 1. The van der Waals surface area contributed by atoms with Crippen LogP contribution in [0.3, 0.4) is 0 Å². The van der Waals surface area contributed by atoms with Crippen LogP contribution in [0.2, 0.25) is 0 Å². The van der Waals surface area contributed by atoms with Crippen molar-refractivity contribution in [1.82, 2.24) is 14.8 Å². The first-order valence-corrected chi connectivity index (χ1v) is 9.86. The van der Waals surface area contributed by atoms with Crippen molar-refractivity contribution in [1.29, 1.82) is 0 Å². The Morgan fingerprint density at radius 3 is 2.65 bits per heavy atom. The van der Waals surface area contributed by atoms with Crippen molar-refractivity contribution < 1.29 is 19.4 Å². The molecule has 0 radical (unpaired) electrons. The van der Waals surface area contributed by atoms with Gasteiger partial charge in [-0.3, -0.25) is 0 Å². The quantitative estimate of drug-likeness (QED) is 0.732. The van der Waals surface area contributed by atoms with E-state index >= 15 is 0 Å². The second-order valence-corrected chi connectivity index (χ2v) is 8.59. The third-order valence-corrected chi connectivity index (χ3v) is 5.26. The first-order chi connectivity index (χ1) is 12.2. The van der Waals surface area contributed by atoms with Gasteiger partial charge in [-0.05, 0) is 26.7 Å². The Hall–Kier alpha value is -1.67. The van der Waals surface area contributed by atoms with Crippen LogP contribution in [0.4, 0.5) is 4.79 Å². The van der Waals surface area contributed by atoms with E-state index < -0.39 is 11.6 Å². The fraction of sp³-hybridized carbons (Fsp3) is 0.722. The first kappa shape index (κ1) is 20.6. The summed E-state index contributed by atoms with van der Waals surface area (Å²) in [6, 6.07) is -0.750. The molecule has 1 N–H and O–H groups in total. The van der Waals surface area contributed by atoms with Gasteiger partial charge in [-0.2, -0.15) is 0 Å². The molecule has 26 heavy (non-hydrogen) atoms. The average molecular weight is 384 g/mol. The highest BCUT2D eigenvalue weighted by Gasteiger charge is 2.41. The lowest BCUT2D eigenvalue weighted by atomic mass is 9.97. The summed E-state index contributed by atoms with van der Waals surface area (Å²) in [7, 11) is 0. The molecule has 146 valence electrons. The van der Waals surface area contributed by atoms with E-state index in [1.54, 1.807) is 9.80 Å². The van der Waals surface area contributed by atoms with E-state index in [4.69, 9.17) is 9.84 Å². The topological polar surface area (TPSA) is 83.0 Å². The van der Waals surface area contributed by atoms with Gasteiger partial charge >= 0.3 is 12.0 Å². The van der Waals surface area contributed by atoms with Gasteiger partial charge in [0, 0.05) is 18.5 Å². The van der Waals surface area contributed by atoms with Crippen LogP contribution >= 0.6 is 11.3 Å². The summed E-state index contributed by atoms with van der Waals surface area (Å²) in [5, 5.41) is 11.6. The van der Waals surface area contributed by atoms with Crippen molar-refractivity contribution >= 4 is 23.3 Å². The van der Waals surface area contributed by atoms with Crippen LogP contribution in [0.25, 0.3) is 0 Å². The first-order valence-electron chi connectivity index (χ1n) is 8.98. The lowest BCUT2D eigenvalue weighted by Crippen LogP contribution is -2.49. The molecular weight excluding hydrogens is 354 g/mol. The molecule has 1 aromatic heterocycles. The summed E-state index contributed by atoms with van der Waals surface area (Å²) in [6.45, 7) is 10.8. The minimum atomic E-state index is -0.591. The van der Waals surface area contributed by atoms with Gasteiger partial charge in [-0.15, -0.1) is 11.3 Å². The largest absolute Gasteiger partial charge is 0.458 e. The molecule has 7 nitrogen and oxygen atoms in total. The van der Waals surface area contributed by atoms with Crippen LogP contribution in [0, 0.1) is 5.92 Å². The van der Waals surface area contributed by atoms with Crippen LogP contribution < -0.4 is 0 Å². The second-order valence-electron chi connectivity index (χ2n) is 7.65. The SMILES string of the molecule is CC[C@H](C)[C@@H](C(=O)OC(C)(C)C)N1CCN(Cc2csc(CO)n2)C1=O. The van der Waals surface area contributed by atoms with Gasteiger partial charge < -0.3 is 19.6 Å². The Morgan fingerprint density at radius 2 is 2.12 bits per heavy atom. The molecule has 0 unspecified atom stereocenters. The number of aliphatic hydroxyl groups is 1. The summed E-state index contributed by atoms with van der Waals surface area (Å²) in [4.78, 5) is 33.2. The highest BCUT2D eigenvalue weighted by molar-refractivity contribution is 7.09. The molecule has 0 spiro atoms. The maximum atomic E-state index is 12.9. The van der Waals surface area contributed by atoms with Crippen LogP contribution in [-0.2, 0) is 22.7 Å². The van der Waals surface area contributed by atoms with Gasteiger partial charge in [-0.1, -0.05) is 20.3 Å². The molecule has 2 amide bonds. The van der Waals surface area contributed by atoms with E-state index in [-0.39, 0.29) is 24.5 Å². The Balaban J connectivity index is 2.11. The fourth-order valence-electron chi connectivity index (χ4n) is 2.95. The van der Waals surface area contributed by atoms with Crippen LogP contribution in [0.5, 0.6) is 0 Å². The van der Waals surface area contributed by atoms with E-state index in [1.807, 2.05) is 40.0 Å². The van der Waals surface area contributed by atoms with Crippen LogP contribution in [0.15, 0.2) is 5.38 Å². The molecule has 1 aliphatic rings. The van der Waals surface area contributed by atoms with Gasteiger partial charge in [0.05, 0.1) is 18.8 Å². The number of hydrogen-bond acceptors (Lipinski definition) is 6. The number of carbonyl (C=O) groups is 2. The lowest BCUT2D eigenvalue weighted by Gasteiger charge is -2.32. The molecule has 0 aliphatic carbocycles. The van der Waals surface area contributed by atoms with E-state index in [2.05, 4.69) is 4.98 Å². The van der Waals surface area contributed by atoms with E-state index in [9.17, 15) is 9.59 Å². The highest BCUT2D eigenvalue weighted by Crippen LogP contribution is 2.25. The van der Waals surface area contributed by atoms with Gasteiger partial charge in [0.25, 0.3) is 0 Å². The maximum Gasteiger partial charge on any atom is 0.329 e. The summed E-state index contributed by atoms with van der Waals surface area (Å²) in [5.41, 5.74) is 0.165. The number of urea groups is 1. The number of ether oxygens (including phenoxy) is 1. The molecule has 1 saturated heterocycles. The maximum absolute atomic E-state index is 12.9. The predicted molar refractivity (Wildman–Crippen MR) is 99.6 cm³/mol. The zero-order valence-corrected chi connectivity index (χ0v) is 17.0. The third-order valence-electron chi connectivity index (χ3n) is 4.38. The smallest absolute Gasteiger partial charge is 0.329 e. The van der Waals surface area contributed by atoms with Crippen molar-refractivity contribution in [2.45, 2.75) is 65.8 Å². The van der Waals surface area contributed by atoms with Crippen molar-refractivity contribution in [3.05, 3.63) is 16.1 Å². The monoisotopic (exact) mass is 383 g/mol. The highest BCUT2D eigenvalue weighted by atomic mass is 32.1. The number of nitrogens with zero attached hydrogens (tertiary/aromatic N) is 3. The molecule has 0 bridgehead atoms. The van der Waals surface area contributed by atoms with Crippen molar-refractivity contribution in [2.24, 2.45) is 5.92 Å². The van der Waals surface area contributed by atoms with Crippen LogP contribution in [-0.4, -0.2) is 56.6 Å². The minimum absolute atomic E-state index is 0.00835. The standard InChI is InChI=1S/C18H29N3O4S/c1-6-12(2)15(16(23)25-18(3,4)5)21-8-7-20(17(21)24)9-13-11-26-14(10-22)19-13/h11-12,15,22H,6-10H2,1-5H3/t12-,15-/m0/s1. The third kappa shape index (κ3) is 4.94. The van der Waals surface area contributed by atoms with E-state index in [1.165, 1.54) is 11.3 Å². The molecule has 0 saturated carbocycles. The van der Waals surface area contributed by atoms with Crippen LogP contribution in [0.1, 0.15) is 51.7 Å². The van der Waals surface area contributed by atoms with Crippen molar-refractivity contribution in [3.63, 3.8) is 0 Å². The number of carbonyl (C=O) groups excluding carboxylic acids is 2. The van der Waals surface area contributed by atoms with Crippen molar-refractivity contribution in [3.8, 4) is 0 Å². The van der Waals surface area contributed by atoms with Gasteiger partial charge in [0.1, 0.15) is 16.7 Å². The summed E-state index contributed by atoms with van der Waals surface area (Å²) in [6.07, 6.45) is 0.777. The summed E-state index contributed by atoms with van der Waals surface area (Å²) >= 11 is 1.37. The number of rotatable bonds is 7. The fourth-order valence-corrected chi connectivity index (χ4v) is 3.59. The average Bonchev–Trinajstić information content (AvgIpc) is 3.15. The molecular formula is C18H29N3O4S. The summed E-state index contributed by atoms with van der Waals surface area (Å²) in [5.74, 6) is -0.340. The molecule has 1 aromatic rings. The number of amides is 2. The Morgan fingerprint density at radius 1 is 1.42 bits per heavy atom. The second kappa shape index (κ2) is 8.35. The number of thiazole rings is 1. The Bertz CT molecular complexity index is 641. The lowest BCUT2D eigenvalue weighted by molar-refractivity contribution is -0.162. The van der Waals surface area contributed by atoms with Gasteiger partial charge in [-0.25, -0.2) is 14.6 Å². The Kier molecular flexibility index (Phi) is 6.63. The molecule has 2 rings (SSSR count). The zero-order chi connectivity index (χ0) is 19.5. The minimum Gasteiger partial charge on any atom is -0.458 e. The Labute approximate surface area is 159 Å². The molecule has 2 atom stereocenters. The molecule has 1 fully saturated rings. The summed E-state index contributed by atoms with van der Waals surface area (Å²) < 4.78 is 5.57. The van der Waals surface area contributed by atoms with E-state index in [0.29, 0.717) is 24.6 Å². The van der Waals surface area contributed by atoms with E-state index in [0.717, 1.165) is 12.1 Å². The number of esters is 1. The zero-order valence-electron chi connectivity index (χ0n) is 16.2.